The lowest BCUT2D eigenvalue weighted by molar-refractivity contribution is -0.138. The van der Waals surface area contributed by atoms with Crippen LogP contribution in [0.25, 0.3) is 0 Å². The number of hydrogen-bond donors (Lipinski definition) is 1. The fraction of sp³-hybridized carbons (Fsp3) is 0.792. The number of nitrogens with one attached hydrogen (secondary N) is 1. The van der Waals surface area contributed by atoms with Crippen molar-refractivity contribution in [3.8, 4) is 0 Å². The molecule has 1 heterocycles. The van der Waals surface area contributed by atoms with Gasteiger partial charge < -0.3 is 19.9 Å². The Morgan fingerprint density at radius 1 is 1.13 bits per heavy atom. The molecule has 2 amide bonds. The maximum Gasteiger partial charge on any atom is 0.333 e. The number of nitrogens with zero attached hydrogens (tertiary/aromatic N) is 2. The van der Waals surface area contributed by atoms with Crippen LogP contribution in [0.3, 0.4) is 0 Å². The molecular formula is C24H45N3O4. The molecule has 1 atom stereocenters. The Hall–Kier alpha value is -1.89. The maximum atomic E-state index is 12.6. The highest BCUT2D eigenvalue weighted by Crippen LogP contribution is 2.16. The number of ether oxygens (including phenoxy) is 1. The minimum Gasteiger partial charge on any atom is -0.463 e. The van der Waals surface area contributed by atoms with Gasteiger partial charge in [0.25, 0.3) is 0 Å². The Morgan fingerprint density at radius 3 is 2.10 bits per heavy atom. The molecule has 7 nitrogen and oxygen atoms in total. The van der Waals surface area contributed by atoms with Crippen molar-refractivity contribution < 1.29 is 19.1 Å². The first-order chi connectivity index (χ1) is 14.4. The highest BCUT2D eigenvalue weighted by atomic mass is 16.5. The number of rotatable bonds is 8. The summed E-state index contributed by atoms with van der Waals surface area (Å²) in [7, 11) is 3.74. The zero-order chi connectivity index (χ0) is 24.1. The molecule has 0 unspecified atom stereocenters. The molecule has 1 fully saturated rings. The minimum atomic E-state index is -0.375. The van der Waals surface area contributed by atoms with Gasteiger partial charge in [0, 0.05) is 18.5 Å². The first kappa shape index (κ1) is 29.1. The standard InChI is InChI=1S/C20H35N3O4.C4H10/c1-7-27-20(26)15(4)12-17(14(2)3)23(6)18(24)13-21-19(25)16-8-10-22(5)11-9-16;1-4(2)3/h12,14,16-17H,7-11,13H2,1-6H3,(H,21,25);4H,1-3H3/b15-12+;/t17-;/m1./s1. The lowest BCUT2D eigenvalue weighted by Gasteiger charge is -2.30. The third kappa shape index (κ3) is 11.9. The molecule has 7 heteroatoms. The SMILES string of the molecule is CC(C)C.CCOC(=O)/C(C)=C/[C@H](C(C)C)N(C)C(=O)CNC(=O)C1CCN(C)CC1. The van der Waals surface area contributed by atoms with Gasteiger partial charge in [-0.25, -0.2) is 4.79 Å². The van der Waals surface area contributed by atoms with Crippen molar-refractivity contribution in [2.75, 3.05) is 40.3 Å². The Labute approximate surface area is 189 Å². The Kier molecular flexibility index (Phi) is 14.1. The van der Waals surface area contributed by atoms with Crippen LogP contribution in [0.1, 0.15) is 61.3 Å². The summed E-state index contributed by atoms with van der Waals surface area (Å²) >= 11 is 0. The van der Waals surface area contributed by atoms with Crippen molar-refractivity contribution in [2.24, 2.45) is 17.8 Å². The van der Waals surface area contributed by atoms with E-state index in [1.54, 1.807) is 31.9 Å². The molecule has 0 radical (unpaired) electrons. The zero-order valence-electron chi connectivity index (χ0n) is 21.2. The van der Waals surface area contributed by atoms with E-state index in [9.17, 15) is 14.4 Å². The van der Waals surface area contributed by atoms with Gasteiger partial charge in [0.2, 0.25) is 11.8 Å². The lowest BCUT2D eigenvalue weighted by atomic mass is 9.96. The Balaban J connectivity index is 0.00000206. The van der Waals surface area contributed by atoms with Gasteiger partial charge in [-0.3, -0.25) is 9.59 Å². The van der Waals surface area contributed by atoms with Crippen LogP contribution in [0.2, 0.25) is 0 Å². The minimum absolute atomic E-state index is 0.0221. The van der Waals surface area contributed by atoms with E-state index in [0.717, 1.165) is 31.8 Å². The van der Waals surface area contributed by atoms with E-state index < -0.39 is 0 Å². The zero-order valence-corrected chi connectivity index (χ0v) is 21.2. The molecule has 0 aromatic heterocycles. The highest BCUT2D eigenvalue weighted by Gasteiger charge is 2.26. The molecule has 180 valence electrons. The highest BCUT2D eigenvalue weighted by molar-refractivity contribution is 5.88. The quantitative estimate of drug-likeness (QED) is 0.464. The molecule has 31 heavy (non-hydrogen) atoms. The second kappa shape index (κ2) is 15.0. The fourth-order valence-corrected chi connectivity index (χ4v) is 3.19. The molecular weight excluding hydrogens is 394 g/mol. The van der Waals surface area contributed by atoms with Crippen LogP contribution < -0.4 is 5.32 Å². The van der Waals surface area contributed by atoms with Gasteiger partial charge in [0.1, 0.15) is 0 Å². The molecule has 0 aromatic rings. The van der Waals surface area contributed by atoms with Gasteiger partial charge in [-0.1, -0.05) is 40.7 Å². The summed E-state index contributed by atoms with van der Waals surface area (Å²) in [6, 6.07) is -0.248. The lowest BCUT2D eigenvalue weighted by Crippen LogP contribution is -2.46. The number of piperidine rings is 1. The van der Waals surface area contributed by atoms with E-state index in [2.05, 4.69) is 31.0 Å². The van der Waals surface area contributed by atoms with Crippen molar-refractivity contribution in [1.82, 2.24) is 15.1 Å². The fourth-order valence-electron chi connectivity index (χ4n) is 3.19. The van der Waals surface area contributed by atoms with E-state index in [-0.39, 0.29) is 42.2 Å². The second-order valence-electron chi connectivity index (χ2n) is 9.34. The van der Waals surface area contributed by atoms with E-state index in [1.807, 2.05) is 20.9 Å². The number of carbonyl (C=O) groups excluding carboxylic acids is 3. The first-order valence-electron chi connectivity index (χ1n) is 11.5. The topological polar surface area (TPSA) is 79.0 Å². The number of amides is 2. The van der Waals surface area contributed by atoms with Gasteiger partial charge in [0.05, 0.1) is 19.2 Å². The number of likely N-dealkylation sites (tertiary alicyclic amines) is 1. The second-order valence-corrected chi connectivity index (χ2v) is 9.34. The average molecular weight is 440 g/mol. The summed E-state index contributed by atoms with van der Waals surface area (Å²) in [4.78, 5) is 40.5. The summed E-state index contributed by atoms with van der Waals surface area (Å²) in [5, 5.41) is 2.78. The summed E-state index contributed by atoms with van der Waals surface area (Å²) in [6.07, 6.45) is 3.41. The van der Waals surface area contributed by atoms with Crippen molar-refractivity contribution in [2.45, 2.75) is 67.3 Å². The van der Waals surface area contributed by atoms with Crippen molar-refractivity contribution in [3.05, 3.63) is 11.6 Å². The number of hydrogen-bond acceptors (Lipinski definition) is 5. The Morgan fingerprint density at radius 2 is 1.65 bits per heavy atom. The van der Waals surface area contributed by atoms with Gasteiger partial charge in [0.15, 0.2) is 0 Å². The van der Waals surface area contributed by atoms with Crippen LogP contribution in [0.5, 0.6) is 0 Å². The third-order valence-electron chi connectivity index (χ3n) is 5.05. The molecule has 0 saturated carbocycles. The van der Waals surface area contributed by atoms with E-state index >= 15 is 0 Å². The maximum absolute atomic E-state index is 12.6. The van der Waals surface area contributed by atoms with Crippen molar-refractivity contribution in [1.29, 1.82) is 0 Å². The van der Waals surface area contributed by atoms with Crippen molar-refractivity contribution >= 4 is 17.8 Å². The molecule has 0 aromatic carbocycles. The van der Waals surface area contributed by atoms with E-state index in [1.165, 1.54) is 0 Å². The summed E-state index contributed by atoms with van der Waals surface area (Å²) < 4.78 is 5.01. The molecule has 1 saturated heterocycles. The summed E-state index contributed by atoms with van der Waals surface area (Å²) in [6.45, 7) is 16.0. The van der Waals surface area contributed by atoms with E-state index in [0.29, 0.717) is 12.2 Å². The van der Waals surface area contributed by atoms with Crippen LogP contribution in [0, 0.1) is 17.8 Å². The largest absolute Gasteiger partial charge is 0.463 e. The Bertz CT molecular complexity index is 591. The molecule has 0 aliphatic carbocycles. The first-order valence-corrected chi connectivity index (χ1v) is 11.5. The predicted molar refractivity (Wildman–Crippen MR) is 126 cm³/mol. The summed E-state index contributed by atoms with van der Waals surface area (Å²) in [5.41, 5.74) is 0.477. The molecule has 1 aliphatic heterocycles. The van der Waals surface area contributed by atoms with Crippen LogP contribution in [-0.4, -0.2) is 74.0 Å². The van der Waals surface area contributed by atoms with Crippen LogP contribution in [0.15, 0.2) is 11.6 Å². The number of carbonyl (C=O) groups is 3. The number of esters is 1. The molecule has 1 N–H and O–H groups in total. The van der Waals surface area contributed by atoms with Gasteiger partial charge in [-0.2, -0.15) is 0 Å². The third-order valence-corrected chi connectivity index (χ3v) is 5.05. The van der Waals surface area contributed by atoms with E-state index in [4.69, 9.17) is 4.74 Å². The van der Waals surface area contributed by atoms with Gasteiger partial charge >= 0.3 is 5.97 Å². The van der Waals surface area contributed by atoms with Crippen molar-refractivity contribution in [3.63, 3.8) is 0 Å². The average Bonchev–Trinajstić information content (AvgIpc) is 2.69. The molecule has 1 rings (SSSR count). The van der Waals surface area contributed by atoms with Crippen LogP contribution in [-0.2, 0) is 19.1 Å². The smallest absolute Gasteiger partial charge is 0.333 e. The molecule has 0 spiro atoms. The van der Waals surface area contributed by atoms with Gasteiger partial charge in [-0.05, 0) is 58.7 Å². The van der Waals surface area contributed by atoms with Gasteiger partial charge in [-0.15, -0.1) is 0 Å². The normalized spacial score (nSPS) is 16.4. The molecule has 0 bridgehead atoms. The molecule has 1 aliphatic rings. The summed E-state index contributed by atoms with van der Waals surface area (Å²) in [5.74, 6) is 0.325. The number of likely N-dealkylation sites (N-methyl/N-ethyl adjacent to an activating group) is 1. The monoisotopic (exact) mass is 439 g/mol. The predicted octanol–water partition coefficient (Wildman–Crippen LogP) is 3.10. The van der Waals surface area contributed by atoms with Crippen LogP contribution in [0.4, 0.5) is 0 Å². The van der Waals surface area contributed by atoms with Crippen LogP contribution >= 0.6 is 0 Å².